The van der Waals surface area contributed by atoms with Crippen LogP contribution < -0.4 is 4.90 Å². The fraction of sp³-hybridized carbons (Fsp3) is 0.735. The molecule has 5 aliphatic rings. The third-order valence-electron chi connectivity index (χ3n) is 12.4. The Balaban J connectivity index is 1.10. The Morgan fingerprint density at radius 1 is 1.00 bits per heavy atom. The van der Waals surface area contributed by atoms with E-state index in [1.165, 1.54) is 51.5 Å². The maximum Gasteiger partial charge on any atom is 0.128 e. The van der Waals surface area contributed by atoms with E-state index in [2.05, 4.69) is 67.6 Å². The molecule has 0 bridgehead atoms. The molecule has 1 aliphatic heterocycles. The summed E-state index contributed by atoms with van der Waals surface area (Å²) >= 11 is 0. The van der Waals surface area contributed by atoms with Crippen LogP contribution in [0.25, 0.3) is 0 Å². The quantitative estimate of drug-likeness (QED) is 0.463. The van der Waals surface area contributed by atoms with Crippen LogP contribution in [0.4, 0.5) is 5.82 Å². The number of pyridine rings is 1. The molecule has 0 spiro atoms. The van der Waals surface area contributed by atoms with Crippen LogP contribution in [0.2, 0.25) is 0 Å². The third-order valence-corrected chi connectivity index (χ3v) is 12.4. The van der Waals surface area contributed by atoms with Gasteiger partial charge in [-0.15, -0.1) is 0 Å². The van der Waals surface area contributed by atoms with E-state index in [1.54, 1.807) is 16.7 Å². The molecule has 1 aromatic rings. The highest BCUT2D eigenvalue weighted by atomic mass is 16.3. The van der Waals surface area contributed by atoms with Gasteiger partial charge < -0.3 is 10.0 Å². The van der Waals surface area contributed by atoms with Crippen molar-refractivity contribution in [2.75, 3.05) is 37.6 Å². The maximum atomic E-state index is 10.8. The molecule has 0 unspecified atom stereocenters. The van der Waals surface area contributed by atoms with E-state index >= 15 is 0 Å². The van der Waals surface area contributed by atoms with Crippen molar-refractivity contribution in [2.24, 2.45) is 34.0 Å². The molecule has 208 valence electrons. The van der Waals surface area contributed by atoms with Crippen molar-refractivity contribution in [3.63, 3.8) is 0 Å². The van der Waals surface area contributed by atoms with E-state index in [0.29, 0.717) is 11.3 Å². The van der Waals surface area contributed by atoms with Gasteiger partial charge in [0, 0.05) is 32.4 Å². The molecule has 1 aromatic heterocycles. The van der Waals surface area contributed by atoms with Gasteiger partial charge in [0.25, 0.3) is 0 Å². The van der Waals surface area contributed by atoms with Gasteiger partial charge in [-0.3, -0.25) is 4.90 Å². The number of rotatable bonds is 5. The molecular weight excluding hydrogens is 466 g/mol. The summed E-state index contributed by atoms with van der Waals surface area (Å²) in [5.74, 6) is 3.26. The fourth-order valence-electron chi connectivity index (χ4n) is 9.91. The summed E-state index contributed by atoms with van der Waals surface area (Å²) in [5.41, 5.74) is 5.93. The lowest BCUT2D eigenvalue weighted by Crippen LogP contribution is -2.53. The molecule has 6 atom stereocenters. The van der Waals surface area contributed by atoms with Crippen molar-refractivity contribution in [2.45, 2.75) is 92.1 Å². The minimum atomic E-state index is -0.148. The van der Waals surface area contributed by atoms with Crippen LogP contribution in [-0.2, 0) is 0 Å². The fourth-order valence-corrected chi connectivity index (χ4v) is 9.91. The van der Waals surface area contributed by atoms with Gasteiger partial charge in [0.1, 0.15) is 5.82 Å². The first-order valence-electron chi connectivity index (χ1n) is 15.6. The normalized spacial score (nSPS) is 37.8. The van der Waals surface area contributed by atoms with E-state index in [-0.39, 0.29) is 16.9 Å². The Bertz CT molecular complexity index is 1080. The zero-order valence-corrected chi connectivity index (χ0v) is 24.7. The number of aromatic nitrogens is 1. The number of aliphatic hydroxyl groups excluding tert-OH is 1. The van der Waals surface area contributed by atoms with Gasteiger partial charge in [-0.05, 0) is 115 Å². The van der Waals surface area contributed by atoms with E-state index in [4.69, 9.17) is 0 Å². The predicted molar refractivity (Wildman–Crippen MR) is 157 cm³/mol. The number of anilines is 1. The summed E-state index contributed by atoms with van der Waals surface area (Å²) in [6.07, 6.45) is 14.2. The average molecular weight is 518 g/mol. The number of nitrogens with zero attached hydrogens (tertiary/aromatic N) is 3. The number of aliphatic hydroxyl groups is 1. The molecule has 1 N–H and O–H groups in total. The zero-order chi connectivity index (χ0) is 26.7. The van der Waals surface area contributed by atoms with Gasteiger partial charge in [0.15, 0.2) is 0 Å². The molecule has 0 radical (unpaired) electrons. The Morgan fingerprint density at radius 2 is 1.79 bits per heavy atom. The lowest BCUT2D eigenvalue weighted by molar-refractivity contribution is -0.0905. The molecule has 2 fully saturated rings. The summed E-state index contributed by atoms with van der Waals surface area (Å²) in [4.78, 5) is 9.67. The lowest BCUT2D eigenvalue weighted by Gasteiger charge is -2.59. The average Bonchev–Trinajstić information content (AvgIpc) is 3.28. The molecule has 6 rings (SSSR count). The molecule has 2 heterocycles. The van der Waals surface area contributed by atoms with Gasteiger partial charge in [-0.25, -0.2) is 4.98 Å². The van der Waals surface area contributed by atoms with Gasteiger partial charge in [0.05, 0.1) is 6.10 Å². The SMILES string of the molecule is C[C@@H](CCN1CCN(c2ccccn2)CC1)[C@H]1CC=C2C3=C(CC[C@@]21C)[C@@]1(C)CC[C@H](O)C(C)(C)[C@@H]1CC3. The molecule has 0 aromatic carbocycles. The standard InChI is InChI=1S/C34H51N3O/c1-24(15-19-36-20-22-37(23-21-36)31-8-6-7-18-35-31)26-10-11-27-25-9-12-29-32(2,3)30(38)14-17-34(29,5)28(25)13-16-33(26,27)4/h6-8,11,18,24,26,29-30,38H,9-10,12-17,19-23H2,1-5H3/t24-,26+,29-,30-,33+,34+/m0/s1. The first kappa shape index (κ1) is 26.6. The zero-order valence-electron chi connectivity index (χ0n) is 24.7. The summed E-state index contributed by atoms with van der Waals surface area (Å²) in [6, 6.07) is 6.23. The smallest absolute Gasteiger partial charge is 0.128 e. The molecule has 1 saturated heterocycles. The summed E-state index contributed by atoms with van der Waals surface area (Å²) in [7, 11) is 0. The van der Waals surface area contributed by atoms with Crippen molar-refractivity contribution in [3.8, 4) is 0 Å². The predicted octanol–water partition coefficient (Wildman–Crippen LogP) is 6.87. The minimum Gasteiger partial charge on any atom is -0.393 e. The third kappa shape index (κ3) is 4.20. The number of fused-ring (bicyclic) bond motifs is 4. The van der Waals surface area contributed by atoms with Crippen LogP contribution >= 0.6 is 0 Å². The first-order valence-corrected chi connectivity index (χ1v) is 15.6. The van der Waals surface area contributed by atoms with Crippen molar-refractivity contribution < 1.29 is 5.11 Å². The van der Waals surface area contributed by atoms with Gasteiger partial charge in [0.2, 0.25) is 0 Å². The van der Waals surface area contributed by atoms with Crippen molar-refractivity contribution >= 4 is 5.82 Å². The van der Waals surface area contributed by atoms with Gasteiger partial charge in [-0.2, -0.15) is 0 Å². The van der Waals surface area contributed by atoms with Crippen LogP contribution in [-0.4, -0.2) is 53.8 Å². The highest BCUT2D eigenvalue weighted by Crippen LogP contribution is 2.66. The van der Waals surface area contributed by atoms with Crippen molar-refractivity contribution in [1.29, 1.82) is 0 Å². The van der Waals surface area contributed by atoms with E-state index in [0.717, 1.165) is 50.3 Å². The van der Waals surface area contributed by atoms with E-state index < -0.39 is 0 Å². The Kier molecular flexibility index (Phi) is 6.83. The van der Waals surface area contributed by atoms with Crippen LogP contribution in [0.5, 0.6) is 0 Å². The summed E-state index contributed by atoms with van der Waals surface area (Å²) in [6.45, 7) is 18.1. The van der Waals surface area contributed by atoms with Crippen LogP contribution in [0.1, 0.15) is 86.0 Å². The van der Waals surface area contributed by atoms with Crippen LogP contribution in [0.3, 0.4) is 0 Å². The van der Waals surface area contributed by atoms with Crippen LogP contribution in [0, 0.1) is 34.0 Å². The maximum absolute atomic E-state index is 10.8. The summed E-state index contributed by atoms with van der Waals surface area (Å²) < 4.78 is 0. The summed E-state index contributed by atoms with van der Waals surface area (Å²) in [5, 5.41) is 10.8. The minimum absolute atomic E-state index is 0.0243. The number of hydrogen-bond donors (Lipinski definition) is 1. The molecule has 4 aliphatic carbocycles. The van der Waals surface area contributed by atoms with E-state index in [1.807, 2.05) is 12.3 Å². The Labute approximate surface area is 231 Å². The number of allylic oxidation sites excluding steroid dienone is 4. The molecule has 0 amide bonds. The number of piperazine rings is 1. The Morgan fingerprint density at radius 3 is 2.53 bits per heavy atom. The van der Waals surface area contributed by atoms with Crippen molar-refractivity contribution in [1.82, 2.24) is 9.88 Å². The van der Waals surface area contributed by atoms with Gasteiger partial charge in [-0.1, -0.05) is 52.3 Å². The monoisotopic (exact) mass is 517 g/mol. The molecule has 4 nitrogen and oxygen atoms in total. The van der Waals surface area contributed by atoms with Gasteiger partial charge >= 0.3 is 0 Å². The molecule has 38 heavy (non-hydrogen) atoms. The molecule has 4 heteroatoms. The van der Waals surface area contributed by atoms with Crippen LogP contribution in [0.15, 0.2) is 47.2 Å². The second-order valence-electron chi connectivity index (χ2n) is 14.5. The second-order valence-corrected chi connectivity index (χ2v) is 14.5. The van der Waals surface area contributed by atoms with Crippen molar-refractivity contribution in [3.05, 3.63) is 47.2 Å². The lowest BCUT2D eigenvalue weighted by atomic mass is 9.46. The highest BCUT2D eigenvalue weighted by molar-refractivity contribution is 5.50. The molecular formula is C34H51N3O. The highest BCUT2D eigenvalue weighted by Gasteiger charge is 2.57. The Hall–Kier alpha value is -1.65. The molecule has 1 saturated carbocycles. The van der Waals surface area contributed by atoms with E-state index in [9.17, 15) is 5.11 Å². The number of hydrogen-bond acceptors (Lipinski definition) is 4. The topological polar surface area (TPSA) is 39.6 Å². The second kappa shape index (κ2) is 9.77. The largest absolute Gasteiger partial charge is 0.393 e. The first-order chi connectivity index (χ1) is 18.1.